The van der Waals surface area contributed by atoms with E-state index in [4.69, 9.17) is 4.74 Å². The number of anilines is 3. The molecule has 4 amide bonds. The van der Waals surface area contributed by atoms with Gasteiger partial charge in [-0.05, 0) is 105 Å². The van der Waals surface area contributed by atoms with Gasteiger partial charge in [0.25, 0.3) is 5.91 Å². The van der Waals surface area contributed by atoms with E-state index < -0.39 is 37.5 Å². The van der Waals surface area contributed by atoms with Crippen LogP contribution in [0.15, 0.2) is 66.7 Å². The first-order valence-corrected chi connectivity index (χ1v) is 24.4. The Morgan fingerprint density at radius 2 is 1.56 bits per heavy atom. The number of rotatable bonds is 10. The minimum atomic E-state index is -3.13. The highest BCUT2D eigenvalue weighted by molar-refractivity contribution is 6.71. The third-order valence-electron chi connectivity index (χ3n) is 13.4. The molecule has 3 fully saturated rings. The summed E-state index contributed by atoms with van der Waals surface area (Å²) >= 11 is 0. The number of aliphatic hydroxyl groups is 1. The van der Waals surface area contributed by atoms with Crippen molar-refractivity contribution in [3.63, 3.8) is 0 Å². The second-order valence-corrected chi connectivity index (χ2v) is 21.8. The third-order valence-corrected chi connectivity index (χ3v) is 15.9. The lowest BCUT2D eigenvalue weighted by atomic mass is 9.82. The van der Waals surface area contributed by atoms with E-state index in [9.17, 15) is 24.3 Å². The van der Waals surface area contributed by atoms with Crippen LogP contribution < -0.4 is 26.2 Å². The highest BCUT2D eigenvalue weighted by Crippen LogP contribution is 2.60. The van der Waals surface area contributed by atoms with E-state index >= 15 is 4.79 Å². The van der Waals surface area contributed by atoms with Gasteiger partial charge in [-0.1, -0.05) is 43.3 Å². The van der Waals surface area contributed by atoms with Gasteiger partial charge in [0.2, 0.25) is 17.7 Å². The van der Waals surface area contributed by atoms with Crippen molar-refractivity contribution in [1.29, 1.82) is 0 Å². The maximum atomic E-state index is 15.3. The van der Waals surface area contributed by atoms with Crippen molar-refractivity contribution in [2.24, 2.45) is 17.8 Å². The van der Waals surface area contributed by atoms with Crippen LogP contribution in [0.25, 0.3) is 0 Å². The smallest absolute Gasteiger partial charge is 0.264 e. The van der Waals surface area contributed by atoms with Crippen LogP contribution in [-0.4, -0.2) is 91.7 Å². The van der Waals surface area contributed by atoms with Crippen LogP contribution in [0.2, 0.25) is 18.6 Å². The molecular weight excluding hydrogens is 765 g/mol. The summed E-state index contributed by atoms with van der Waals surface area (Å²) in [6, 6.07) is 20.6. The van der Waals surface area contributed by atoms with Gasteiger partial charge < -0.3 is 45.7 Å². The van der Waals surface area contributed by atoms with Crippen LogP contribution in [-0.2, 0) is 49.0 Å². The highest BCUT2D eigenvalue weighted by atomic mass is 28.4. The van der Waals surface area contributed by atoms with Gasteiger partial charge in [-0.2, -0.15) is 0 Å². The summed E-state index contributed by atoms with van der Waals surface area (Å²) in [5.74, 6) is -1.48. The van der Waals surface area contributed by atoms with E-state index in [0.29, 0.717) is 48.7 Å². The summed E-state index contributed by atoms with van der Waals surface area (Å²) in [7, 11) is -3.13. The van der Waals surface area contributed by atoms with Crippen LogP contribution >= 0.6 is 0 Å². The Bertz CT molecular complexity index is 2080. The van der Waals surface area contributed by atoms with Gasteiger partial charge in [-0.25, -0.2) is 0 Å². The molecule has 6 N–H and O–H groups in total. The molecule has 5 aliphatic rings. The van der Waals surface area contributed by atoms with Crippen molar-refractivity contribution in [3.05, 3.63) is 89.0 Å². The number of ether oxygens (including phenoxy) is 1. The number of benzene rings is 3. The lowest BCUT2D eigenvalue weighted by Gasteiger charge is -2.37. The van der Waals surface area contributed by atoms with Crippen LogP contribution in [0.3, 0.4) is 0 Å². The Hall–Kier alpha value is -4.44. The summed E-state index contributed by atoms with van der Waals surface area (Å²) in [4.78, 5) is 71.7. The van der Waals surface area contributed by atoms with E-state index in [1.165, 1.54) is 0 Å². The summed E-state index contributed by atoms with van der Waals surface area (Å²) < 4.78 is 7.08. The molecule has 0 aliphatic carbocycles. The second-order valence-electron chi connectivity index (χ2n) is 17.8. The lowest BCUT2D eigenvalue weighted by molar-refractivity contribution is -0.151. The number of piperidine rings is 2. The third kappa shape index (κ3) is 8.10. The fourth-order valence-corrected chi connectivity index (χ4v) is 13.0. The molecule has 0 bridgehead atoms. The van der Waals surface area contributed by atoms with Crippen molar-refractivity contribution < 1.29 is 33.8 Å². The molecule has 59 heavy (non-hydrogen) atoms. The predicted octanol–water partition coefficient (Wildman–Crippen LogP) is 4.24. The molecule has 5 aliphatic heterocycles. The maximum absolute atomic E-state index is 15.3. The maximum Gasteiger partial charge on any atom is 0.264 e. The van der Waals surface area contributed by atoms with Crippen molar-refractivity contribution in [3.8, 4) is 0 Å². The van der Waals surface area contributed by atoms with Gasteiger partial charge >= 0.3 is 0 Å². The summed E-state index contributed by atoms with van der Waals surface area (Å²) in [6.45, 7) is 8.97. The molecule has 5 heterocycles. The summed E-state index contributed by atoms with van der Waals surface area (Å²) in [6.07, 6.45) is 3.13. The monoisotopic (exact) mass is 822 g/mol. The Morgan fingerprint density at radius 3 is 2.19 bits per heavy atom. The highest BCUT2D eigenvalue weighted by Gasteiger charge is 2.66. The van der Waals surface area contributed by atoms with Crippen LogP contribution in [0.1, 0.15) is 61.3 Å². The number of carbonyl (C=O) groups excluding carboxylic acids is 4. The molecule has 0 radical (unpaired) electrons. The van der Waals surface area contributed by atoms with E-state index in [2.05, 4.69) is 21.3 Å². The second kappa shape index (κ2) is 16.9. The normalized spacial score (nSPS) is 28.0. The topological polar surface area (TPSA) is 173 Å². The van der Waals surface area contributed by atoms with Gasteiger partial charge in [-0.15, -0.1) is 0 Å². The zero-order valence-electron chi connectivity index (χ0n) is 34.3. The number of hydrogen-bond donors (Lipinski definition) is 6. The Morgan fingerprint density at radius 1 is 0.898 bits per heavy atom. The number of amides is 4. The Kier molecular flexibility index (Phi) is 11.8. The molecule has 0 saturated carbocycles. The van der Waals surface area contributed by atoms with E-state index in [1.807, 2.05) is 86.7 Å². The standard InChI is InChI=1S/C45H58N6O7Si/c1-28-41(59(2,3)57)39(22-40(53)50-26-33-11-5-4-10-30(33)20-36(50)27-52)58-45(28)37-21-35(49-43(55)32-13-8-18-47-24-32)15-16-38(37)51(44(45)56)25-29-9-6-14-34(19-29)48-42(54)31-12-7-17-46-23-31/h4-6,9-11,14-16,19,21,28,31-32,36,39,41,46-47,52,57H,7-8,12-13,17-18,20,22-27H2,1-3H3,(H,48,54)(H,49,55)/t28-,31?,32?,36-,39+,41-,45+/m0/s1. The van der Waals surface area contributed by atoms with Crippen molar-refractivity contribution in [1.82, 2.24) is 15.5 Å². The van der Waals surface area contributed by atoms with Gasteiger partial charge in [-0.3, -0.25) is 19.2 Å². The molecule has 13 nitrogen and oxygen atoms in total. The first kappa shape index (κ1) is 41.3. The zero-order valence-corrected chi connectivity index (χ0v) is 35.3. The average molecular weight is 823 g/mol. The van der Waals surface area contributed by atoms with Crippen LogP contribution in [0.4, 0.5) is 17.1 Å². The van der Waals surface area contributed by atoms with Crippen LogP contribution in [0, 0.1) is 17.8 Å². The zero-order chi connectivity index (χ0) is 41.5. The SMILES string of the molecule is C[C@H]1[C@H]([Si](C)(C)O)[C@@H](CC(=O)N2Cc3ccccc3C[C@H]2CO)O[C@]12C(=O)N(Cc1cccc(NC(=O)C3CCCNC3)c1)c1ccc(NC(=O)C3CCCNC3)cc12. The van der Waals surface area contributed by atoms with Crippen LogP contribution in [0.5, 0.6) is 0 Å². The van der Waals surface area contributed by atoms with Gasteiger partial charge in [0.05, 0.1) is 49.2 Å². The molecule has 14 heteroatoms. The summed E-state index contributed by atoms with van der Waals surface area (Å²) in [5.41, 5.74) is 3.26. The van der Waals surface area contributed by atoms with Crippen molar-refractivity contribution >= 4 is 49.0 Å². The van der Waals surface area contributed by atoms with E-state index in [1.54, 1.807) is 9.80 Å². The van der Waals surface area contributed by atoms with Crippen molar-refractivity contribution in [2.45, 2.75) is 94.9 Å². The molecule has 3 aromatic rings. The largest absolute Gasteiger partial charge is 0.432 e. The number of hydrogen-bond acceptors (Lipinski definition) is 9. The van der Waals surface area contributed by atoms with E-state index in [-0.39, 0.29) is 55.0 Å². The Balaban J connectivity index is 1.12. The number of nitrogens with zero attached hydrogens (tertiary/aromatic N) is 2. The average Bonchev–Trinajstić information content (AvgIpc) is 3.66. The fourth-order valence-electron chi connectivity index (χ4n) is 10.4. The molecule has 3 aromatic carbocycles. The quantitative estimate of drug-likeness (QED) is 0.164. The fraction of sp³-hybridized carbons (Fsp3) is 0.511. The number of carbonyl (C=O) groups is 4. The molecule has 8 rings (SSSR count). The first-order chi connectivity index (χ1) is 28.4. The first-order valence-electron chi connectivity index (χ1n) is 21.3. The van der Waals surface area contributed by atoms with E-state index in [0.717, 1.165) is 55.5 Å². The van der Waals surface area contributed by atoms with Gasteiger partial charge in [0.15, 0.2) is 13.9 Å². The molecule has 2 unspecified atom stereocenters. The van der Waals surface area contributed by atoms with Crippen molar-refractivity contribution in [2.75, 3.05) is 48.3 Å². The summed E-state index contributed by atoms with van der Waals surface area (Å²) in [5, 5.41) is 23.2. The minimum absolute atomic E-state index is 0.0378. The number of fused-ring (bicyclic) bond motifs is 3. The number of aliphatic hydroxyl groups excluding tert-OH is 1. The molecule has 314 valence electrons. The minimum Gasteiger partial charge on any atom is -0.432 e. The van der Waals surface area contributed by atoms with Gasteiger partial charge in [0.1, 0.15) is 0 Å². The Labute approximate surface area is 347 Å². The molecule has 0 aromatic heterocycles. The number of nitrogens with one attached hydrogen (secondary N) is 4. The molecule has 1 spiro atoms. The molecular formula is C45H58N6O7Si. The van der Waals surface area contributed by atoms with Gasteiger partial charge in [0, 0.05) is 48.0 Å². The lowest BCUT2D eigenvalue weighted by Crippen LogP contribution is -2.48. The molecule has 7 atom stereocenters. The predicted molar refractivity (Wildman–Crippen MR) is 228 cm³/mol. The molecule has 3 saturated heterocycles.